The van der Waals surface area contributed by atoms with Gasteiger partial charge in [0.2, 0.25) is 10.0 Å². The van der Waals surface area contributed by atoms with E-state index in [4.69, 9.17) is 16.7 Å². The molecule has 0 saturated carbocycles. The first-order valence-electron chi connectivity index (χ1n) is 5.33. The molecule has 0 spiro atoms. The molecule has 0 bridgehead atoms. The smallest absolute Gasteiger partial charge is 0.277 e. The maximum Gasteiger partial charge on any atom is 0.277 e. The average molecular weight is 316 g/mol. The van der Waals surface area contributed by atoms with E-state index < -0.39 is 15.9 Å². The van der Waals surface area contributed by atoms with Crippen molar-refractivity contribution in [3.05, 3.63) is 40.7 Å². The summed E-state index contributed by atoms with van der Waals surface area (Å²) in [4.78, 5) is 11.7. The molecule has 0 radical (unpaired) electrons. The summed E-state index contributed by atoms with van der Waals surface area (Å²) in [5.74, 6) is -0.521. The van der Waals surface area contributed by atoms with Crippen molar-refractivity contribution >= 4 is 33.2 Å². The fourth-order valence-electron chi connectivity index (χ4n) is 1.54. The van der Waals surface area contributed by atoms with Crippen LogP contribution in [0, 0.1) is 6.92 Å². The molecule has 7 nitrogen and oxygen atoms in total. The molecule has 0 saturated heterocycles. The van der Waals surface area contributed by atoms with Gasteiger partial charge in [0.05, 0.1) is 15.6 Å². The summed E-state index contributed by atoms with van der Waals surface area (Å²) in [5, 5.41) is 11.1. The highest BCUT2D eigenvalue weighted by molar-refractivity contribution is 7.89. The number of hydrogen-bond donors (Lipinski definition) is 2. The predicted octanol–water partition coefficient (Wildman–Crippen LogP) is 1.54. The minimum atomic E-state index is -3.86. The van der Waals surface area contributed by atoms with E-state index in [2.05, 4.69) is 15.0 Å². The topological polar surface area (TPSA) is 115 Å². The fourth-order valence-corrected chi connectivity index (χ4v) is 2.54. The Labute approximate surface area is 119 Å². The Morgan fingerprint density at radius 3 is 2.65 bits per heavy atom. The van der Waals surface area contributed by atoms with E-state index >= 15 is 0 Å². The molecule has 106 valence electrons. The van der Waals surface area contributed by atoms with Crippen LogP contribution in [-0.2, 0) is 10.0 Å². The van der Waals surface area contributed by atoms with Crippen molar-refractivity contribution in [2.24, 2.45) is 5.14 Å². The standard InChI is InChI=1S/C11H10ClN3O4S/c1-6-4-7(20(13,17)18)5-8(12)10(6)14-11(16)9-2-3-19-15-9/h2-5H,1H3,(H,14,16)(H2,13,17,18). The zero-order valence-corrected chi connectivity index (χ0v) is 11.8. The first kappa shape index (κ1) is 14.5. The van der Waals surface area contributed by atoms with Gasteiger partial charge in [0, 0.05) is 6.07 Å². The Bertz CT molecular complexity index is 733. The number of nitrogens with zero attached hydrogens (tertiary/aromatic N) is 1. The van der Waals surface area contributed by atoms with Crippen LogP contribution in [0.3, 0.4) is 0 Å². The maximum absolute atomic E-state index is 11.8. The third-order valence-corrected chi connectivity index (χ3v) is 3.69. The quantitative estimate of drug-likeness (QED) is 0.891. The number of amides is 1. The van der Waals surface area contributed by atoms with Crippen LogP contribution < -0.4 is 10.5 Å². The number of primary sulfonamides is 1. The SMILES string of the molecule is Cc1cc(S(N)(=O)=O)cc(Cl)c1NC(=O)c1ccon1. The molecular weight excluding hydrogens is 306 g/mol. The molecule has 3 N–H and O–H groups in total. The van der Waals surface area contributed by atoms with Crippen molar-refractivity contribution in [1.29, 1.82) is 0 Å². The van der Waals surface area contributed by atoms with Crippen LogP contribution in [0.5, 0.6) is 0 Å². The van der Waals surface area contributed by atoms with Crippen LogP contribution in [-0.4, -0.2) is 19.5 Å². The molecule has 2 rings (SSSR count). The van der Waals surface area contributed by atoms with Gasteiger partial charge in [-0.05, 0) is 24.6 Å². The second-order valence-electron chi connectivity index (χ2n) is 3.98. The number of carbonyl (C=O) groups excluding carboxylic acids is 1. The number of aryl methyl sites for hydroxylation is 1. The van der Waals surface area contributed by atoms with Crippen LogP contribution >= 0.6 is 11.6 Å². The summed E-state index contributed by atoms with van der Waals surface area (Å²) in [6, 6.07) is 3.87. The number of nitrogens with two attached hydrogens (primary N) is 1. The molecule has 0 aliphatic carbocycles. The summed E-state index contributed by atoms with van der Waals surface area (Å²) >= 11 is 5.97. The molecule has 1 aromatic heterocycles. The summed E-state index contributed by atoms with van der Waals surface area (Å²) < 4.78 is 27.1. The lowest BCUT2D eigenvalue weighted by Gasteiger charge is -2.11. The predicted molar refractivity (Wildman–Crippen MR) is 72.0 cm³/mol. The number of anilines is 1. The Kier molecular flexibility index (Phi) is 3.80. The van der Waals surface area contributed by atoms with Crippen LogP contribution in [0.1, 0.15) is 16.1 Å². The van der Waals surface area contributed by atoms with Gasteiger partial charge in [-0.25, -0.2) is 13.6 Å². The molecule has 0 unspecified atom stereocenters. The highest BCUT2D eigenvalue weighted by Gasteiger charge is 2.17. The number of benzene rings is 1. The van der Waals surface area contributed by atoms with E-state index in [-0.39, 0.29) is 21.3 Å². The molecule has 0 atom stereocenters. The van der Waals surface area contributed by atoms with Gasteiger partial charge in [-0.1, -0.05) is 16.8 Å². The van der Waals surface area contributed by atoms with Crippen LogP contribution in [0.4, 0.5) is 5.69 Å². The molecule has 20 heavy (non-hydrogen) atoms. The van der Waals surface area contributed by atoms with Gasteiger partial charge in [-0.15, -0.1) is 0 Å². The molecule has 0 fully saturated rings. The van der Waals surface area contributed by atoms with Gasteiger partial charge in [-0.2, -0.15) is 0 Å². The Hall–Kier alpha value is -1.90. The van der Waals surface area contributed by atoms with E-state index in [1.54, 1.807) is 6.92 Å². The maximum atomic E-state index is 11.8. The molecular formula is C11H10ClN3O4S. The minimum absolute atomic E-state index is 0.0610. The van der Waals surface area contributed by atoms with Crippen molar-refractivity contribution in [2.75, 3.05) is 5.32 Å². The van der Waals surface area contributed by atoms with Gasteiger partial charge >= 0.3 is 0 Å². The van der Waals surface area contributed by atoms with Gasteiger partial charge in [0.15, 0.2) is 5.69 Å². The monoisotopic (exact) mass is 315 g/mol. The lowest BCUT2D eigenvalue weighted by atomic mass is 10.2. The van der Waals surface area contributed by atoms with E-state index in [0.717, 1.165) is 0 Å². The molecule has 1 aromatic carbocycles. The van der Waals surface area contributed by atoms with Crippen molar-refractivity contribution in [3.8, 4) is 0 Å². The second-order valence-corrected chi connectivity index (χ2v) is 5.95. The fraction of sp³-hybridized carbons (Fsp3) is 0.0909. The number of sulfonamides is 1. The first-order chi connectivity index (χ1) is 9.29. The van der Waals surface area contributed by atoms with Gasteiger partial charge < -0.3 is 9.84 Å². The first-order valence-corrected chi connectivity index (χ1v) is 7.26. The zero-order chi connectivity index (χ0) is 14.9. The van der Waals surface area contributed by atoms with Gasteiger partial charge in [0.25, 0.3) is 5.91 Å². The Morgan fingerprint density at radius 2 is 2.15 bits per heavy atom. The lowest BCUT2D eigenvalue weighted by molar-refractivity contribution is 0.101. The van der Waals surface area contributed by atoms with Crippen LogP contribution in [0.25, 0.3) is 0 Å². The number of carbonyl (C=O) groups is 1. The summed E-state index contributed by atoms with van der Waals surface area (Å²) in [6.07, 6.45) is 1.26. The van der Waals surface area contributed by atoms with Gasteiger partial charge in [-0.3, -0.25) is 4.79 Å². The number of hydrogen-bond acceptors (Lipinski definition) is 5. The third kappa shape index (κ3) is 2.98. The molecule has 2 aromatic rings. The highest BCUT2D eigenvalue weighted by atomic mass is 35.5. The van der Waals surface area contributed by atoms with Crippen molar-refractivity contribution in [3.63, 3.8) is 0 Å². The molecule has 0 aliphatic heterocycles. The second kappa shape index (κ2) is 5.23. The molecule has 1 amide bonds. The van der Waals surface area contributed by atoms with E-state index in [1.165, 1.54) is 24.5 Å². The van der Waals surface area contributed by atoms with Crippen molar-refractivity contribution < 1.29 is 17.7 Å². The Balaban J connectivity index is 2.37. The van der Waals surface area contributed by atoms with Crippen LogP contribution in [0.2, 0.25) is 5.02 Å². The molecule has 9 heteroatoms. The summed E-state index contributed by atoms with van der Waals surface area (Å²) in [6.45, 7) is 1.60. The van der Waals surface area contributed by atoms with E-state index in [1.807, 2.05) is 0 Å². The van der Waals surface area contributed by atoms with Crippen molar-refractivity contribution in [1.82, 2.24) is 5.16 Å². The lowest BCUT2D eigenvalue weighted by Crippen LogP contribution is -2.15. The van der Waals surface area contributed by atoms with Crippen molar-refractivity contribution in [2.45, 2.75) is 11.8 Å². The third-order valence-electron chi connectivity index (χ3n) is 2.50. The summed E-state index contributed by atoms with van der Waals surface area (Å²) in [7, 11) is -3.86. The Morgan fingerprint density at radius 1 is 1.45 bits per heavy atom. The minimum Gasteiger partial charge on any atom is -0.364 e. The zero-order valence-electron chi connectivity index (χ0n) is 10.3. The number of rotatable bonds is 3. The van der Waals surface area contributed by atoms with Crippen LogP contribution in [0.15, 0.2) is 33.9 Å². The largest absolute Gasteiger partial charge is 0.364 e. The molecule has 0 aliphatic rings. The van der Waals surface area contributed by atoms with E-state index in [0.29, 0.717) is 5.56 Å². The van der Waals surface area contributed by atoms with Gasteiger partial charge in [0.1, 0.15) is 6.26 Å². The number of halogens is 1. The highest BCUT2D eigenvalue weighted by Crippen LogP contribution is 2.29. The normalized spacial score (nSPS) is 11.3. The average Bonchev–Trinajstić information content (AvgIpc) is 2.85. The number of nitrogens with one attached hydrogen (secondary N) is 1. The van der Waals surface area contributed by atoms with E-state index in [9.17, 15) is 13.2 Å². The summed E-state index contributed by atoms with van der Waals surface area (Å²) in [5.41, 5.74) is 0.821. The number of aromatic nitrogens is 1. The molecule has 1 heterocycles.